The minimum absolute atomic E-state index is 0.288. The zero-order valence-electron chi connectivity index (χ0n) is 13.5. The van der Waals surface area contributed by atoms with Gasteiger partial charge in [0.1, 0.15) is 5.54 Å². The summed E-state index contributed by atoms with van der Waals surface area (Å²) >= 11 is 8.55. The molecule has 132 valence electrons. The number of nitrogens with one attached hydrogen (secondary N) is 2. The van der Waals surface area contributed by atoms with Crippen molar-refractivity contribution in [1.29, 1.82) is 0 Å². The van der Waals surface area contributed by atoms with E-state index in [0.717, 1.165) is 18.8 Å². The van der Waals surface area contributed by atoms with E-state index in [1.165, 1.54) is 4.90 Å². The molecule has 0 aliphatic carbocycles. The molecule has 2 N–H and O–H groups in total. The van der Waals surface area contributed by atoms with Gasteiger partial charge in [-0.3, -0.25) is 10.1 Å². The molecule has 3 amide bonds. The second kappa shape index (κ2) is 7.00. The third-order valence-electron chi connectivity index (χ3n) is 3.86. The van der Waals surface area contributed by atoms with Crippen molar-refractivity contribution in [2.45, 2.75) is 19.4 Å². The molecule has 1 saturated heterocycles. The van der Waals surface area contributed by atoms with Crippen LogP contribution in [0.4, 0.5) is 10.7 Å². The Labute approximate surface area is 165 Å². The first-order chi connectivity index (χ1) is 11.8. The third-order valence-corrected chi connectivity index (χ3v) is 6.41. The van der Waals surface area contributed by atoms with Crippen molar-refractivity contribution in [1.82, 2.24) is 20.2 Å². The molecular weight excluding hydrogens is 474 g/mol. The molecule has 1 fully saturated rings. The molecular formula is C15H15Br2N5O2S. The highest BCUT2D eigenvalue weighted by Gasteiger charge is 2.44. The normalized spacial score (nSPS) is 16.2. The van der Waals surface area contributed by atoms with Gasteiger partial charge in [0, 0.05) is 23.8 Å². The highest BCUT2D eigenvalue weighted by Crippen LogP contribution is 2.38. The molecule has 2 aromatic rings. The Balaban J connectivity index is 1.67. The molecule has 0 aromatic carbocycles. The smallest absolute Gasteiger partial charge is 0.325 e. The number of halogens is 2. The SMILES string of the molecule is CC1(C)C(=O)NC(=O)N1CCNc1nccc(-c2sc(Br)cc2Br)n1. The quantitative estimate of drug-likeness (QED) is 0.629. The molecule has 25 heavy (non-hydrogen) atoms. The minimum Gasteiger partial charge on any atom is -0.352 e. The van der Waals surface area contributed by atoms with Gasteiger partial charge >= 0.3 is 6.03 Å². The molecule has 3 rings (SSSR count). The van der Waals surface area contributed by atoms with E-state index in [0.29, 0.717) is 19.0 Å². The summed E-state index contributed by atoms with van der Waals surface area (Å²) in [6.45, 7) is 4.24. The summed E-state index contributed by atoms with van der Waals surface area (Å²) in [6, 6.07) is 3.43. The number of urea groups is 1. The maximum atomic E-state index is 11.8. The van der Waals surface area contributed by atoms with Gasteiger partial charge in [-0.15, -0.1) is 11.3 Å². The number of rotatable bonds is 5. The topological polar surface area (TPSA) is 87.2 Å². The van der Waals surface area contributed by atoms with Crippen molar-refractivity contribution in [3.05, 3.63) is 26.6 Å². The van der Waals surface area contributed by atoms with Crippen molar-refractivity contribution in [2.24, 2.45) is 0 Å². The lowest BCUT2D eigenvalue weighted by molar-refractivity contribution is -0.125. The number of amides is 3. The predicted octanol–water partition coefficient (Wildman–Crippen LogP) is 3.47. The van der Waals surface area contributed by atoms with Crippen molar-refractivity contribution in [3.63, 3.8) is 0 Å². The second-order valence-electron chi connectivity index (χ2n) is 5.89. The molecule has 3 heterocycles. The Kier molecular flexibility index (Phi) is 5.12. The van der Waals surface area contributed by atoms with E-state index in [1.54, 1.807) is 31.4 Å². The average molecular weight is 489 g/mol. The fourth-order valence-electron chi connectivity index (χ4n) is 2.44. The number of anilines is 1. The summed E-state index contributed by atoms with van der Waals surface area (Å²) in [5.74, 6) is 0.182. The molecule has 0 spiro atoms. The average Bonchev–Trinajstić information content (AvgIpc) is 2.98. The monoisotopic (exact) mass is 487 g/mol. The Morgan fingerprint density at radius 3 is 2.72 bits per heavy atom. The highest BCUT2D eigenvalue weighted by molar-refractivity contribution is 9.11. The first kappa shape index (κ1) is 18.3. The van der Waals surface area contributed by atoms with Gasteiger partial charge in [-0.05, 0) is 57.8 Å². The van der Waals surface area contributed by atoms with E-state index in [2.05, 4.69) is 52.5 Å². The van der Waals surface area contributed by atoms with Gasteiger partial charge in [0.05, 0.1) is 14.4 Å². The zero-order chi connectivity index (χ0) is 18.2. The molecule has 7 nitrogen and oxygen atoms in total. The molecule has 2 aromatic heterocycles. The summed E-state index contributed by atoms with van der Waals surface area (Å²) < 4.78 is 1.97. The lowest BCUT2D eigenvalue weighted by atomic mass is 10.0. The maximum Gasteiger partial charge on any atom is 0.325 e. The fraction of sp³-hybridized carbons (Fsp3) is 0.333. The van der Waals surface area contributed by atoms with Crippen LogP contribution in [0.2, 0.25) is 0 Å². The number of thiophene rings is 1. The van der Waals surface area contributed by atoms with Crippen LogP contribution in [0.15, 0.2) is 26.6 Å². The highest BCUT2D eigenvalue weighted by atomic mass is 79.9. The van der Waals surface area contributed by atoms with E-state index in [4.69, 9.17) is 0 Å². The molecule has 0 radical (unpaired) electrons. The van der Waals surface area contributed by atoms with E-state index in [-0.39, 0.29) is 11.9 Å². The van der Waals surface area contributed by atoms with Gasteiger partial charge in [0.2, 0.25) is 5.95 Å². The summed E-state index contributed by atoms with van der Waals surface area (Å²) in [5.41, 5.74) is -0.0511. The Hall–Kier alpha value is -1.52. The summed E-state index contributed by atoms with van der Waals surface area (Å²) in [6.07, 6.45) is 1.68. The number of aromatic nitrogens is 2. The Bertz CT molecular complexity index is 839. The van der Waals surface area contributed by atoms with Crippen LogP contribution in [-0.2, 0) is 4.79 Å². The van der Waals surface area contributed by atoms with E-state index >= 15 is 0 Å². The van der Waals surface area contributed by atoms with Gasteiger partial charge in [-0.2, -0.15) is 0 Å². The van der Waals surface area contributed by atoms with Gasteiger partial charge < -0.3 is 10.2 Å². The molecule has 0 unspecified atom stereocenters. The summed E-state index contributed by atoms with van der Waals surface area (Å²) in [4.78, 5) is 34.8. The molecule has 1 aliphatic rings. The van der Waals surface area contributed by atoms with E-state index in [9.17, 15) is 9.59 Å². The second-order valence-corrected chi connectivity index (χ2v) is 9.18. The fourth-order valence-corrected chi connectivity index (χ4v) is 5.03. The molecule has 0 bridgehead atoms. The standard InChI is InChI=1S/C15H15Br2N5O2S/c1-15(2)12(23)21-14(24)22(15)6-5-19-13-18-4-3-9(20-13)11-8(16)7-10(17)25-11/h3-4,7H,5-6H2,1-2H3,(H,18,19,20)(H,21,23,24). The van der Waals surface area contributed by atoms with Crippen LogP contribution in [0, 0.1) is 0 Å². The number of carbonyl (C=O) groups excluding carboxylic acids is 2. The third kappa shape index (κ3) is 3.70. The van der Waals surface area contributed by atoms with Gasteiger partial charge in [0.15, 0.2) is 0 Å². The number of hydrogen-bond acceptors (Lipinski definition) is 6. The summed E-state index contributed by atoms with van der Waals surface area (Å²) in [5, 5.41) is 5.43. The van der Waals surface area contributed by atoms with Crippen molar-refractivity contribution in [2.75, 3.05) is 18.4 Å². The van der Waals surface area contributed by atoms with Crippen LogP contribution >= 0.6 is 43.2 Å². The van der Waals surface area contributed by atoms with Crippen molar-refractivity contribution in [3.8, 4) is 10.6 Å². The van der Waals surface area contributed by atoms with Crippen LogP contribution < -0.4 is 10.6 Å². The lowest BCUT2D eigenvalue weighted by Gasteiger charge is -2.27. The largest absolute Gasteiger partial charge is 0.352 e. The number of hydrogen-bond donors (Lipinski definition) is 2. The summed E-state index contributed by atoms with van der Waals surface area (Å²) in [7, 11) is 0. The van der Waals surface area contributed by atoms with Crippen LogP contribution in [-0.4, -0.2) is 45.4 Å². The molecule has 0 atom stereocenters. The number of nitrogens with zero attached hydrogens (tertiary/aromatic N) is 3. The van der Waals surface area contributed by atoms with Crippen LogP contribution in [0.3, 0.4) is 0 Å². The molecule has 1 aliphatic heterocycles. The van der Waals surface area contributed by atoms with Crippen molar-refractivity contribution >= 4 is 61.1 Å². The zero-order valence-corrected chi connectivity index (χ0v) is 17.5. The molecule has 0 saturated carbocycles. The maximum absolute atomic E-state index is 11.8. The van der Waals surface area contributed by atoms with E-state index in [1.807, 2.05) is 12.1 Å². The Morgan fingerprint density at radius 1 is 1.36 bits per heavy atom. The first-order valence-electron chi connectivity index (χ1n) is 7.44. The van der Waals surface area contributed by atoms with Crippen LogP contribution in [0.25, 0.3) is 10.6 Å². The van der Waals surface area contributed by atoms with Gasteiger partial charge in [0.25, 0.3) is 5.91 Å². The molecule has 10 heteroatoms. The number of imide groups is 1. The Morgan fingerprint density at radius 2 is 2.12 bits per heavy atom. The van der Waals surface area contributed by atoms with Gasteiger partial charge in [-0.25, -0.2) is 14.8 Å². The van der Waals surface area contributed by atoms with Crippen LogP contribution in [0.1, 0.15) is 13.8 Å². The minimum atomic E-state index is -0.852. The van der Waals surface area contributed by atoms with Crippen LogP contribution in [0.5, 0.6) is 0 Å². The number of carbonyl (C=O) groups is 2. The first-order valence-corrected chi connectivity index (χ1v) is 9.84. The van der Waals surface area contributed by atoms with Crippen molar-refractivity contribution < 1.29 is 9.59 Å². The van der Waals surface area contributed by atoms with E-state index < -0.39 is 5.54 Å². The lowest BCUT2D eigenvalue weighted by Crippen LogP contribution is -2.46. The van der Waals surface area contributed by atoms with Gasteiger partial charge in [-0.1, -0.05) is 0 Å². The predicted molar refractivity (Wildman–Crippen MR) is 104 cm³/mol.